The minimum Gasteiger partial charge on any atom is -0.480 e. The highest BCUT2D eigenvalue weighted by molar-refractivity contribution is 5.73. The maximum absolute atomic E-state index is 12.0. The van der Waals surface area contributed by atoms with Gasteiger partial charge in [-0.15, -0.1) is 0 Å². The molecule has 1 rings (SSSR count). The molecule has 3 nitrogen and oxygen atoms in total. The van der Waals surface area contributed by atoms with Gasteiger partial charge >= 0.3 is 12.1 Å². The van der Waals surface area contributed by atoms with Crippen LogP contribution in [-0.2, 0) is 4.79 Å². The van der Waals surface area contributed by atoms with Gasteiger partial charge in [0, 0.05) is 0 Å². The van der Waals surface area contributed by atoms with E-state index in [1.54, 1.807) is 0 Å². The maximum atomic E-state index is 12.0. The number of carboxylic acids is 1. The van der Waals surface area contributed by atoms with Gasteiger partial charge in [0.05, 0.1) is 5.92 Å². The highest BCUT2D eigenvalue weighted by Crippen LogP contribution is 2.51. The van der Waals surface area contributed by atoms with Crippen molar-refractivity contribution in [1.82, 2.24) is 0 Å². The van der Waals surface area contributed by atoms with Crippen LogP contribution in [-0.4, -0.2) is 23.3 Å². The van der Waals surface area contributed by atoms with Crippen LogP contribution in [0.15, 0.2) is 0 Å². The molecule has 1 aliphatic rings. The summed E-state index contributed by atoms with van der Waals surface area (Å²) in [5.74, 6) is -3.17. The molecule has 1 saturated carbocycles. The Labute approximate surface area is 72.7 Å². The highest BCUT2D eigenvalue weighted by Gasteiger charge is 2.55. The molecule has 0 saturated heterocycles. The summed E-state index contributed by atoms with van der Waals surface area (Å²) in [6, 6.07) is -1.17. The van der Waals surface area contributed by atoms with Crippen LogP contribution in [0.25, 0.3) is 0 Å². The minimum atomic E-state index is -4.19. The van der Waals surface area contributed by atoms with E-state index < -0.39 is 30.0 Å². The van der Waals surface area contributed by atoms with E-state index >= 15 is 0 Å². The number of rotatable bonds is 3. The molecule has 1 fully saturated rings. The first-order valence-corrected chi connectivity index (χ1v) is 3.87. The van der Waals surface area contributed by atoms with Crippen LogP contribution in [0.4, 0.5) is 13.2 Å². The van der Waals surface area contributed by atoms with E-state index in [0.717, 1.165) is 0 Å². The molecule has 0 amide bonds. The number of aliphatic carboxylic acids is 1. The molecule has 3 atom stereocenters. The van der Waals surface area contributed by atoms with Crippen molar-refractivity contribution in [3.63, 3.8) is 0 Å². The van der Waals surface area contributed by atoms with Gasteiger partial charge in [-0.3, -0.25) is 4.79 Å². The summed E-state index contributed by atoms with van der Waals surface area (Å²) in [6.45, 7) is 0. The van der Waals surface area contributed by atoms with Gasteiger partial charge in [-0.2, -0.15) is 13.2 Å². The Kier molecular flexibility index (Phi) is 2.51. The van der Waals surface area contributed by atoms with Crippen LogP contribution in [0.5, 0.6) is 0 Å². The molecule has 13 heavy (non-hydrogen) atoms. The first-order valence-electron chi connectivity index (χ1n) is 3.87. The van der Waals surface area contributed by atoms with Crippen LogP contribution < -0.4 is 5.73 Å². The van der Waals surface area contributed by atoms with E-state index in [1.807, 2.05) is 0 Å². The smallest absolute Gasteiger partial charge is 0.392 e. The number of carboxylic acid groups (broad SMARTS) is 1. The fourth-order valence-electron chi connectivity index (χ4n) is 1.34. The second-order valence-electron chi connectivity index (χ2n) is 3.32. The first-order chi connectivity index (χ1) is 5.82. The number of halogens is 3. The fraction of sp³-hybridized carbons (Fsp3) is 0.857. The molecular weight excluding hydrogens is 187 g/mol. The van der Waals surface area contributed by atoms with E-state index in [9.17, 15) is 18.0 Å². The highest BCUT2D eigenvalue weighted by atomic mass is 19.4. The third-order valence-electron chi connectivity index (χ3n) is 2.22. The molecule has 6 heteroatoms. The number of carbonyl (C=O) groups is 1. The van der Waals surface area contributed by atoms with E-state index in [1.165, 1.54) is 0 Å². The quantitative estimate of drug-likeness (QED) is 0.709. The third-order valence-corrected chi connectivity index (χ3v) is 2.22. The summed E-state index contributed by atoms with van der Waals surface area (Å²) in [6.07, 6.45) is -4.26. The Morgan fingerprint density at radius 2 is 2.15 bits per heavy atom. The van der Waals surface area contributed by atoms with Gasteiger partial charge in [0.1, 0.15) is 6.04 Å². The zero-order valence-electron chi connectivity index (χ0n) is 6.71. The van der Waals surface area contributed by atoms with E-state index in [2.05, 4.69) is 0 Å². The lowest BCUT2D eigenvalue weighted by atomic mass is 10.1. The molecule has 0 bridgehead atoms. The minimum absolute atomic E-state index is 0.0183. The van der Waals surface area contributed by atoms with Gasteiger partial charge in [0.2, 0.25) is 0 Å². The summed E-state index contributed by atoms with van der Waals surface area (Å²) in [5.41, 5.74) is 5.10. The largest absolute Gasteiger partial charge is 0.480 e. The third kappa shape index (κ3) is 2.58. The second-order valence-corrected chi connectivity index (χ2v) is 3.32. The number of hydrogen-bond acceptors (Lipinski definition) is 2. The Morgan fingerprint density at radius 1 is 1.62 bits per heavy atom. The summed E-state index contributed by atoms with van der Waals surface area (Å²) < 4.78 is 35.9. The van der Waals surface area contributed by atoms with Crippen LogP contribution in [0.2, 0.25) is 0 Å². The normalized spacial score (nSPS) is 29.8. The maximum Gasteiger partial charge on any atom is 0.392 e. The molecule has 0 heterocycles. The van der Waals surface area contributed by atoms with Crippen molar-refractivity contribution in [3.05, 3.63) is 0 Å². The topological polar surface area (TPSA) is 63.3 Å². The predicted molar refractivity (Wildman–Crippen MR) is 37.9 cm³/mol. The van der Waals surface area contributed by atoms with Crippen LogP contribution in [0.1, 0.15) is 12.8 Å². The van der Waals surface area contributed by atoms with Gasteiger partial charge in [-0.05, 0) is 18.8 Å². The van der Waals surface area contributed by atoms with Crippen molar-refractivity contribution in [1.29, 1.82) is 0 Å². The summed E-state index contributed by atoms with van der Waals surface area (Å²) in [4.78, 5) is 10.2. The van der Waals surface area contributed by atoms with Crippen molar-refractivity contribution in [3.8, 4) is 0 Å². The van der Waals surface area contributed by atoms with Gasteiger partial charge in [-0.25, -0.2) is 0 Å². The predicted octanol–water partition coefficient (Wildman–Crippen LogP) is 0.987. The van der Waals surface area contributed by atoms with E-state index in [-0.39, 0.29) is 12.8 Å². The zero-order valence-corrected chi connectivity index (χ0v) is 6.71. The van der Waals surface area contributed by atoms with Gasteiger partial charge < -0.3 is 10.8 Å². The lowest BCUT2D eigenvalue weighted by Crippen LogP contribution is -2.31. The number of nitrogens with two attached hydrogens (primary N) is 1. The molecule has 0 unspecified atom stereocenters. The lowest BCUT2D eigenvalue weighted by Gasteiger charge is -2.07. The Bertz CT molecular complexity index is 216. The standard InChI is InChI=1S/C7H10F3NO2/c8-7(9,10)4-1-3(4)2-5(11)6(12)13/h3-5H,1-2,11H2,(H,12,13)/t3-,4+,5+/m1/s1. The molecule has 76 valence electrons. The number of alkyl halides is 3. The van der Waals surface area contributed by atoms with E-state index in [4.69, 9.17) is 10.8 Å². The summed E-state index contributed by atoms with van der Waals surface area (Å²) >= 11 is 0. The average molecular weight is 197 g/mol. The fourth-order valence-corrected chi connectivity index (χ4v) is 1.34. The van der Waals surface area contributed by atoms with Crippen LogP contribution in [0.3, 0.4) is 0 Å². The zero-order chi connectivity index (χ0) is 10.2. The lowest BCUT2D eigenvalue weighted by molar-refractivity contribution is -0.152. The summed E-state index contributed by atoms with van der Waals surface area (Å²) in [5, 5.41) is 8.34. The van der Waals surface area contributed by atoms with Crippen LogP contribution in [0, 0.1) is 11.8 Å². The van der Waals surface area contributed by atoms with E-state index in [0.29, 0.717) is 0 Å². The molecule has 0 spiro atoms. The van der Waals surface area contributed by atoms with Crippen molar-refractivity contribution in [2.24, 2.45) is 17.6 Å². The van der Waals surface area contributed by atoms with Gasteiger partial charge in [0.25, 0.3) is 0 Å². The molecular formula is C7H10F3NO2. The molecule has 0 aliphatic heterocycles. The monoisotopic (exact) mass is 197 g/mol. The van der Waals surface area contributed by atoms with Gasteiger partial charge in [-0.1, -0.05) is 0 Å². The molecule has 0 radical (unpaired) electrons. The average Bonchev–Trinajstić information content (AvgIpc) is 2.65. The molecule has 1 aliphatic carbocycles. The van der Waals surface area contributed by atoms with Crippen molar-refractivity contribution in [2.75, 3.05) is 0 Å². The molecule has 3 N–H and O–H groups in total. The number of hydrogen-bond donors (Lipinski definition) is 2. The molecule has 0 aromatic carbocycles. The Balaban J connectivity index is 2.33. The first kappa shape index (κ1) is 10.3. The van der Waals surface area contributed by atoms with Crippen molar-refractivity contribution >= 4 is 5.97 Å². The molecule has 0 aromatic rings. The van der Waals surface area contributed by atoms with Crippen molar-refractivity contribution < 1.29 is 23.1 Å². The van der Waals surface area contributed by atoms with Gasteiger partial charge in [0.15, 0.2) is 0 Å². The Hall–Kier alpha value is -0.780. The SMILES string of the molecule is N[C@@H](C[C@H]1C[C@@H]1C(F)(F)F)C(=O)O. The van der Waals surface area contributed by atoms with Crippen LogP contribution >= 0.6 is 0 Å². The summed E-state index contributed by atoms with van der Waals surface area (Å²) in [7, 11) is 0. The molecule has 0 aromatic heterocycles. The second kappa shape index (κ2) is 3.17. The van der Waals surface area contributed by atoms with Crippen molar-refractivity contribution in [2.45, 2.75) is 25.1 Å². The Morgan fingerprint density at radius 3 is 2.46 bits per heavy atom.